The van der Waals surface area contributed by atoms with E-state index in [9.17, 15) is 0 Å². The highest BCUT2D eigenvalue weighted by atomic mass is 16.7. The topological polar surface area (TPSA) is 31.6 Å². The molecule has 3 heteroatoms. The normalized spacial score (nSPS) is 26.8. The summed E-state index contributed by atoms with van der Waals surface area (Å²) in [4.78, 5) is 0. The maximum absolute atomic E-state index is 5.55. The Morgan fingerprint density at radius 1 is 1.27 bits per heavy atom. The fourth-order valence-electron chi connectivity index (χ4n) is 1.69. The predicted octanol–water partition coefficient (Wildman–Crippen LogP) is 2.53. The molecule has 0 aliphatic carbocycles. The molecule has 1 saturated heterocycles. The Morgan fingerprint density at radius 2 is 2.00 bits per heavy atom. The number of rotatable bonds is 3. The first-order valence-electron chi connectivity index (χ1n) is 5.52. The molecule has 0 radical (unpaired) electrons. The van der Waals surface area contributed by atoms with E-state index in [1.165, 1.54) is 0 Å². The van der Waals surface area contributed by atoms with Crippen molar-refractivity contribution in [3.63, 3.8) is 0 Å². The second kappa shape index (κ2) is 4.81. The van der Waals surface area contributed by atoms with Crippen LogP contribution in [0.15, 0.2) is 16.5 Å². The summed E-state index contributed by atoms with van der Waals surface area (Å²) in [5.74, 6) is 2.49. The third-order valence-corrected chi connectivity index (χ3v) is 2.56. The highest BCUT2D eigenvalue weighted by Crippen LogP contribution is 2.16. The van der Waals surface area contributed by atoms with Gasteiger partial charge in [-0.15, -0.1) is 0 Å². The molecule has 1 aliphatic rings. The molecular weight excluding hydrogens is 192 g/mol. The van der Waals surface area contributed by atoms with Gasteiger partial charge in [0, 0.05) is 18.8 Å². The molecule has 0 saturated carbocycles. The highest BCUT2D eigenvalue weighted by Gasteiger charge is 2.19. The van der Waals surface area contributed by atoms with Gasteiger partial charge in [0.1, 0.15) is 11.5 Å². The second-order valence-electron chi connectivity index (χ2n) is 4.25. The zero-order valence-electron chi connectivity index (χ0n) is 9.36. The molecule has 1 aromatic heterocycles. The van der Waals surface area contributed by atoms with Crippen molar-refractivity contribution in [3.05, 3.63) is 23.7 Å². The van der Waals surface area contributed by atoms with Crippen LogP contribution in [0.25, 0.3) is 0 Å². The van der Waals surface area contributed by atoms with Crippen molar-refractivity contribution < 1.29 is 13.9 Å². The van der Waals surface area contributed by atoms with Crippen LogP contribution < -0.4 is 0 Å². The van der Waals surface area contributed by atoms with Crippen molar-refractivity contribution in [2.45, 2.75) is 33.0 Å². The van der Waals surface area contributed by atoms with E-state index in [2.05, 4.69) is 6.92 Å². The molecule has 2 rings (SSSR count). The molecule has 0 atom stereocenters. The Morgan fingerprint density at radius 3 is 2.60 bits per heavy atom. The lowest BCUT2D eigenvalue weighted by Gasteiger charge is -2.27. The Kier molecular flexibility index (Phi) is 3.44. The molecule has 0 unspecified atom stereocenters. The van der Waals surface area contributed by atoms with Crippen molar-refractivity contribution in [2.24, 2.45) is 5.92 Å². The molecule has 2 heterocycles. The average Bonchev–Trinajstić information content (AvgIpc) is 2.64. The van der Waals surface area contributed by atoms with E-state index in [0.29, 0.717) is 5.92 Å². The van der Waals surface area contributed by atoms with Crippen LogP contribution in [0.3, 0.4) is 0 Å². The van der Waals surface area contributed by atoms with Crippen LogP contribution in [0, 0.1) is 12.8 Å². The van der Waals surface area contributed by atoms with Gasteiger partial charge in [0.15, 0.2) is 6.29 Å². The van der Waals surface area contributed by atoms with E-state index >= 15 is 0 Å². The van der Waals surface area contributed by atoms with Gasteiger partial charge in [-0.3, -0.25) is 0 Å². The van der Waals surface area contributed by atoms with Crippen LogP contribution in [0.2, 0.25) is 0 Å². The van der Waals surface area contributed by atoms with Gasteiger partial charge < -0.3 is 13.9 Å². The molecule has 15 heavy (non-hydrogen) atoms. The SMILES string of the molecule is Cc1ccc(CCC2OCC(C)CO2)o1. The first kappa shape index (κ1) is 10.7. The maximum atomic E-state index is 5.55. The minimum atomic E-state index is -0.0494. The van der Waals surface area contributed by atoms with Crippen LogP contribution >= 0.6 is 0 Å². The third kappa shape index (κ3) is 3.08. The summed E-state index contributed by atoms with van der Waals surface area (Å²) in [6.07, 6.45) is 1.71. The Balaban J connectivity index is 1.74. The average molecular weight is 210 g/mol. The Hall–Kier alpha value is -0.800. The van der Waals surface area contributed by atoms with E-state index < -0.39 is 0 Å². The minimum Gasteiger partial charge on any atom is -0.466 e. The number of aryl methyl sites for hydroxylation is 2. The number of ether oxygens (including phenoxy) is 2. The Bertz CT molecular complexity index is 298. The zero-order chi connectivity index (χ0) is 10.7. The molecule has 1 fully saturated rings. The van der Waals surface area contributed by atoms with Crippen molar-refractivity contribution in [1.82, 2.24) is 0 Å². The summed E-state index contributed by atoms with van der Waals surface area (Å²) >= 11 is 0. The van der Waals surface area contributed by atoms with E-state index in [1.54, 1.807) is 0 Å². The summed E-state index contributed by atoms with van der Waals surface area (Å²) in [5, 5.41) is 0. The van der Waals surface area contributed by atoms with E-state index in [4.69, 9.17) is 13.9 Å². The van der Waals surface area contributed by atoms with Crippen molar-refractivity contribution >= 4 is 0 Å². The lowest BCUT2D eigenvalue weighted by molar-refractivity contribution is -0.199. The predicted molar refractivity (Wildman–Crippen MR) is 56.6 cm³/mol. The van der Waals surface area contributed by atoms with Gasteiger partial charge in [-0.2, -0.15) is 0 Å². The summed E-state index contributed by atoms with van der Waals surface area (Å²) < 4.78 is 16.6. The van der Waals surface area contributed by atoms with Crippen molar-refractivity contribution in [2.75, 3.05) is 13.2 Å². The van der Waals surface area contributed by atoms with Crippen LogP contribution in [-0.4, -0.2) is 19.5 Å². The van der Waals surface area contributed by atoms with Crippen LogP contribution in [0.1, 0.15) is 24.9 Å². The highest BCUT2D eigenvalue weighted by molar-refractivity contribution is 5.05. The smallest absolute Gasteiger partial charge is 0.158 e. The fraction of sp³-hybridized carbons (Fsp3) is 0.667. The molecule has 84 valence electrons. The van der Waals surface area contributed by atoms with Gasteiger partial charge in [-0.05, 0) is 19.1 Å². The lowest BCUT2D eigenvalue weighted by atomic mass is 10.2. The first-order chi connectivity index (χ1) is 7.24. The zero-order valence-corrected chi connectivity index (χ0v) is 9.36. The van der Waals surface area contributed by atoms with Crippen LogP contribution in [-0.2, 0) is 15.9 Å². The largest absolute Gasteiger partial charge is 0.466 e. The molecule has 0 N–H and O–H groups in total. The summed E-state index contributed by atoms with van der Waals surface area (Å²) in [6, 6.07) is 4.00. The monoisotopic (exact) mass is 210 g/mol. The van der Waals surface area contributed by atoms with Gasteiger partial charge in [-0.1, -0.05) is 6.92 Å². The summed E-state index contributed by atoms with van der Waals surface area (Å²) in [7, 11) is 0. The summed E-state index contributed by atoms with van der Waals surface area (Å²) in [6.45, 7) is 5.70. The van der Waals surface area contributed by atoms with E-state index in [1.807, 2.05) is 19.1 Å². The maximum Gasteiger partial charge on any atom is 0.158 e. The first-order valence-corrected chi connectivity index (χ1v) is 5.52. The number of hydrogen-bond donors (Lipinski definition) is 0. The molecule has 0 amide bonds. The third-order valence-electron chi connectivity index (χ3n) is 2.56. The lowest BCUT2D eigenvalue weighted by Crippen LogP contribution is -2.30. The van der Waals surface area contributed by atoms with Crippen LogP contribution in [0.5, 0.6) is 0 Å². The molecule has 0 spiro atoms. The van der Waals surface area contributed by atoms with Gasteiger partial charge >= 0.3 is 0 Å². The molecule has 0 bridgehead atoms. The fourth-order valence-corrected chi connectivity index (χ4v) is 1.69. The summed E-state index contributed by atoms with van der Waals surface area (Å²) in [5.41, 5.74) is 0. The standard InChI is InChI=1S/C12H18O3/c1-9-7-13-12(14-8-9)6-5-11-4-3-10(2)15-11/h3-4,9,12H,5-8H2,1-2H3. The van der Waals surface area contributed by atoms with Crippen molar-refractivity contribution in [1.29, 1.82) is 0 Å². The number of furan rings is 1. The van der Waals surface area contributed by atoms with Gasteiger partial charge in [0.2, 0.25) is 0 Å². The van der Waals surface area contributed by atoms with Gasteiger partial charge in [0.05, 0.1) is 13.2 Å². The minimum absolute atomic E-state index is 0.0494. The van der Waals surface area contributed by atoms with Gasteiger partial charge in [0.25, 0.3) is 0 Å². The van der Waals surface area contributed by atoms with E-state index in [0.717, 1.165) is 37.6 Å². The Labute approximate surface area is 90.4 Å². The quantitative estimate of drug-likeness (QED) is 0.768. The van der Waals surface area contributed by atoms with E-state index in [-0.39, 0.29) is 6.29 Å². The molecule has 0 aromatic carbocycles. The number of hydrogen-bond acceptors (Lipinski definition) is 3. The molecular formula is C12H18O3. The van der Waals surface area contributed by atoms with Gasteiger partial charge in [-0.25, -0.2) is 0 Å². The van der Waals surface area contributed by atoms with Crippen molar-refractivity contribution in [3.8, 4) is 0 Å². The molecule has 1 aromatic rings. The second-order valence-corrected chi connectivity index (χ2v) is 4.25. The van der Waals surface area contributed by atoms with Crippen LogP contribution in [0.4, 0.5) is 0 Å². The molecule has 3 nitrogen and oxygen atoms in total. The molecule has 1 aliphatic heterocycles.